The molecule has 1 saturated heterocycles. The zero-order chi connectivity index (χ0) is 13.8. The lowest BCUT2D eigenvalue weighted by molar-refractivity contribution is -0.122. The molecule has 0 spiro atoms. The van der Waals surface area contributed by atoms with E-state index in [1.165, 1.54) is 0 Å². The van der Waals surface area contributed by atoms with Crippen molar-refractivity contribution in [2.45, 2.75) is 5.79 Å². The van der Waals surface area contributed by atoms with Crippen molar-refractivity contribution in [1.82, 2.24) is 0 Å². The summed E-state index contributed by atoms with van der Waals surface area (Å²) in [5, 5.41) is 0. The highest BCUT2D eigenvalue weighted by atomic mass is 79.9. The summed E-state index contributed by atoms with van der Waals surface area (Å²) in [6.45, 7) is 1.21. The molecule has 3 heteroatoms. The van der Waals surface area contributed by atoms with Crippen molar-refractivity contribution >= 4 is 22.0 Å². The molecule has 2 aromatic carbocycles. The Morgan fingerprint density at radius 2 is 1.55 bits per heavy atom. The van der Waals surface area contributed by atoms with Crippen LogP contribution in [0.3, 0.4) is 0 Å². The molecule has 1 heterocycles. The molecule has 0 saturated carbocycles. The monoisotopic (exact) mass is 330 g/mol. The van der Waals surface area contributed by atoms with Crippen LogP contribution in [0.1, 0.15) is 11.1 Å². The molecule has 1 aliphatic heterocycles. The highest BCUT2D eigenvalue weighted by Gasteiger charge is 2.35. The molecular formula is C17H15BrO2. The maximum Gasteiger partial charge on any atom is 0.215 e. The number of hydrogen-bond acceptors (Lipinski definition) is 2. The van der Waals surface area contributed by atoms with E-state index in [0.717, 1.165) is 15.6 Å². The van der Waals surface area contributed by atoms with E-state index < -0.39 is 5.79 Å². The fourth-order valence-electron chi connectivity index (χ4n) is 2.27. The van der Waals surface area contributed by atoms with Crippen LogP contribution in [0.5, 0.6) is 0 Å². The third-order valence-corrected chi connectivity index (χ3v) is 4.00. The Morgan fingerprint density at radius 1 is 0.900 bits per heavy atom. The summed E-state index contributed by atoms with van der Waals surface area (Å²) in [6.07, 6.45) is 4.01. The molecule has 0 aliphatic carbocycles. The number of halogens is 1. The first-order valence-electron chi connectivity index (χ1n) is 6.57. The fraction of sp³-hybridized carbons (Fsp3) is 0.176. The van der Waals surface area contributed by atoms with Crippen molar-refractivity contribution in [3.8, 4) is 0 Å². The van der Waals surface area contributed by atoms with Gasteiger partial charge in [-0.2, -0.15) is 0 Å². The Bertz CT molecular complexity index is 601. The van der Waals surface area contributed by atoms with Crippen LogP contribution in [0.25, 0.3) is 6.08 Å². The van der Waals surface area contributed by atoms with Gasteiger partial charge in [0.1, 0.15) is 0 Å². The van der Waals surface area contributed by atoms with E-state index in [2.05, 4.69) is 15.9 Å². The van der Waals surface area contributed by atoms with Crippen molar-refractivity contribution in [2.75, 3.05) is 13.2 Å². The van der Waals surface area contributed by atoms with Gasteiger partial charge in [0.15, 0.2) is 0 Å². The maximum absolute atomic E-state index is 5.86. The van der Waals surface area contributed by atoms with Crippen LogP contribution in [-0.2, 0) is 15.3 Å². The topological polar surface area (TPSA) is 18.5 Å². The van der Waals surface area contributed by atoms with Gasteiger partial charge >= 0.3 is 0 Å². The summed E-state index contributed by atoms with van der Waals surface area (Å²) < 4.78 is 12.8. The van der Waals surface area contributed by atoms with Crippen LogP contribution in [0.4, 0.5) is 0 Å². The van der Waals surface area contributed by atoms with Gasteiger partial charge in [-0.3, -0.25) is 0 Å². The molecule has 3 rings (SSSR count). The molecule has 0 bridgehead atoms. The van der Waals surface area contributed by atoms with Gasteiger partial charge in [-0.1, -0.05) is 70.5 Å². The largest absolute Gasteiger partial charge is 0.340 e. The maximum atomic E-state index is 5.86. The second-order valence-electron chi connectivity index (χ2n) is 4.59. The number of benzene rings is 2. The molecule has 1 fully saturated rings. The summed E-state index contributed by atoms with van der Waals surface area (Å²) >= 11 is 3.55. The van der Waals surface area contributed by atoms with Gasteiger partial charge in [0, 0.05) is 10.0 Å². The van der Waals surface area contributed by atoms with Crippen molar-refractivity contribution in [3.05, 3.63) is 76.3 Å². The number of hydrogen-bond donors (Lipinski definition) is 0. The first-order chi connectivity index (χ1) is 9.80. The minimum atomic E-state index is -0.767. The zero-order valence-corrected chi connectivity index (χ0v) is 12.5. The van der Waals surface area contributed by atoms with E-state index in [0.29, 0.717) is 13.2 Å². The number of ether oxygens (including phenoxy) is 2. The standard InChI is InChI=1S/C17H15BrO2/c18-16-9-5-4-6-14(16)10-11-17(19-12-13-20-17)15-7-2-1-3-8-15/h1-11H,12-13H2/b11-10-. The smallest absolute Gasteiger partial charge is 0.215 e. The molecule has 2 aromatic rings. The summed E-state index contributed by atoms with van der Waals surface area (Å²) in [4.78, 5) is 0. The molecule has 2 nitrogen and oxygen atoms in total. The first-order valence-corrected chi connectivity index (χ1v) is 7.37. The molecular weight excluding hydrogens is 316 g/mol. The predicted molar refractivity (Wildman–Crippen MR) is 83.2 cm³/mol. The minimum Gasteiger partial charge on any atom is -0.340 e. The lowest BCUT2D eigenvalue weighted by Gasteiger charge is -2.24. The Morgan fingerprint density at radius 3 is 2.25 bits per heavy atom. The Balaban J connectivity index is 1.95. The summed E-state index contributed by atoms with van der Waals surface area (Å²) in [5.41, 5.74) is 2.11. The molecule has 20 heavy (non-hydrogen) atoms. The summed E-state index contributed by atoms with van der Waals surface area (Å²) in [7, 11) is 0. The Hall–Kier alpha value is -1.42. The van der Waals surface area contributed by atoms with Crippen LogP contribution >= 0.6 is 15.9 Å². The average Bonchev–Trinajstić information content (AvgIpc) is 2.98. The van der Waals surface area contributed by atoms with Gasteiger partial charge in [0.2, 0.25) is 5.79 Å². The zero-order valence-electron chi connectivity index (χ0n) is 11.0. The highest BCUT2D eigenvalue weighted by molar-refractivity contribution is 9.10. The van der Waals surface area contributed by atoms with Gasteiger partial charge in [0.25, 0.3) is 0 Å². The van der Waals surface area contributed by atoms with Crippen molar-refractivity contribution in [3.63, 3.8) is 0 Å². The van der Waals surface area contributed by atoms with E-state index in [1.54, 1.807) is 0 Å². The quantitative estimate of drug-likeness (QED) is 0.832. The third kappa shape index (κ3) is 2.70. The SMILES string of the molecule is Brc1ccccc1/C=C\C1(c2ccccc2)OCCO1. The van der Waals surface area contributed by atoms with Crippen LogP contribution in [-0.4, -0.2) is 13.2 Å². The summed E-state index contributed by atoms with van der Waals surface area (Å²) in [5.74, 6) is -0.767. The van der Waals surface area contributed by atoms with Crippen LogP contribution in [0, 0.1) is 0 Å². The third-order valence-electron chi connectivity index (χ3n) is 3.28. The lowest BCUT2D eigenvalue weighted by Crippen LogP contribution is -2.24. The first kappa shape index (κ1) is 13.6. The molecule has 0 radical (unpaired) electrons. The van der Waals surface area contributed by atoms with E-state index in [-0.39, 0.29) is 0 Å². The molecule has 0 aromatic heterocycles. The van der Waals surface area contributed by atoms with Crippen molar-refractivity contribution < 1.29 is 9.47 Å². The second-order valence-corrected chi connectivity index (χ2v) is 5.44. The average molecular weight is 331 g/mol. The Kier molecular flexibility index (Phi) is 4.01. The normalized spacial score (nSPS) is 17.6. The van der Waals surface area contributed by atoms with Gasteiger partial charge in [0.05, 0.1) is 13.2 Å². The van der Waals surface area contributed by atoms with Crippen LogP contribution in [0.2, 0.25) is 0 Å². The number of rotatable bonds is 3. The predicted octanol–water partition coefficient (Wildman–Crippen LogP) is 4.36. The van der Waals surface area contributed by atoms with Gasteiger partial charge in [-0.25, -0.2) is 0 Å². The van der Waals surface area contributed by atoms with Crippen LogP contribution in [0.15, 0.2) is 65.1 Å². The van der Waals surface area contributed by atoms with E-state index >= 15 is 0 Å². The molecule has 0 atom stereocenters. The lowest BCUT2D eigenvalue weighted by atomic mass is 10.0. The van der Waals surface area contributed by atoms with E-state index in [9.17, 15) is 0 Å². The van der Waals surface area contributed by atoms with Gasteiger partial charge < -0.3 is 9.47 Å². The van der Waals surface area contributed by atoms with Gasteiger partial charge in [-0.05, 0) is 17.7 Å². The Labute approximate surface area is 127 Å². The fourth-order valence-corrected chi connectivity index (χ4v) is 2.68. The summed E-state index contributed by atoms with van der Waals surface area (Å²) in [6, 6.07) is 18.1. The van der Waals surface area contributed by atoms with Crippen molar-refractivity contribution in [2.24, 2.45) is 0 Å². The minimum absolute atomic E-state index is 0.606. The molecule has 1 aliphatic rings. The molecule has 102 valence electrons. The highest BCUT2D eigenvalue weighted by Crippen LogP contribution is 2.34. The van der Waals surface area contributed by atoms with Gasteiger partial charge in [-0.15, -0.1) is 0 Å². The van der Waals surface area contributed by atoms with E-state index in [4.69, 9.17) is 9.47 Å². The molecule has 0 unspecified atom stereocenters. The molecule has 0 N–H and O–H groups in total. The second kappa shape index (κ2) is 5.92. The van der Waals surface area contributed by atoms with Crippen LogP contribution < -0.4 is 0 Å². The molecule has 0 amide bonds. The van der Waals surface area contributed by atoms with Crippen molar-refractivity contribution in [1.29, 1.82) is 0 Å². The van der Waals surface area contributed by atoms with E-state index in [1.807, 2.05) is 66.7 Å².